The van der Waals surface area contributed by atoms with Crippen molar-refractivity contribution < 1.29 is 23.9 Å². The molecule has 7 nitrogen and oxygen atoms in total. The van der Waals surface area contributed by atoms with Crippen molar-refractivity contribution in [1.29, 1.82) is 0 Å². The van der Waals surface area contributed by atoms with E-state index in [0.717, 1.165) is 6.42 Å². The third-order valence-electron chi connectivity index (χ3n) is 6.58. The van der Waals surface area contributed by atoms with Gasteiger partial charge in [0, 0.05) is 26.1 Å². The molecule has 2 heterocycles. The average molecular weight is 374 g/mol. The van der Waals surface area contributed by atoms with Crippen LogP contribution in [0.1, 0.15) is 32.6 Å². The lowest BCUT2D eigenvalue weighted by molar-refractivity contribution is -0.151. The predicted octanol–water partition coefficient (Wildman–Crippen LogP) is 0.985. The van der Waals surface area contributed by atoms with Crippen LogP contribution in [0.25, 0.3) is 0 Å². The van der Waals surface area contributed by atoms with Crippen LogP contribution in [-0.4, -0.2) is 59.7 Å². The van der Waals surface area contributed by atoms with Gasteiger partial charge in [-0.15, -0.1) is 0 Å². The summed E-state index contributed by atoms with van der Waals surface area (Å²) in [7, 11) is 0. The molecule has 0 aromatic rings. The number of piperidine rings is 1. The van der Waals surface area contributed by atoms with E-state index in [2.05, 4.69) is 12.2 Å². The molecule has 4 atom stereocenters. The van der Waals surface area contributed by atoms with E-state index in [-0.39, 0.29) is 66.2 Å². The number of carbonyl (C=O) groups excluding carboxylic acids is 4. The number of hydrogen-bond acceptors (Lipinski definition) is 5. The number of carbonyl (C=O) groups is 4. The molecule has 0 unspecified atom stereocenters. The van der Waals surface area contributed by atoms with Gasteiger partial charge in [0.05, 0.1) is 24.4 Å². The maximum absolute atomic E-state index is 12.7. The zero-order valence-electron chi connectivity index (χ0n) is 15.6. The third kappa shape index (κ3) is 3.07. The Hall–Kier alpha value is -2.18. The van der Waals surface area contributed by atoms with Gasteiger partial charge >= 0.3 is 5.97 Å². The molecule has 3 fully saturated rings. The Bertz CT molecular complexity index is 664. The van der Waals surface area contributed by atoms with Crippen LogP contribution in [0.5, 0.6) is 0 Å². The third-order valence-corrected chi connectivity index (χ3v) is 6.58. The number of nitrogens with zero attached hydrogens (tertiary/aromatic N) is 2. The van der Waals surface area contributed by atoms with Crippen LogP contribution in [0.4, 0.5) is 0 Å². The number of imide groups is 1. The SMILES string of the molecule is CCOC(=O)C1CCN(C(=O)CCN2C(=O)[C@@H]3[C@H](C2=O)[C@H]2C=C[C@H]3C2)CC1. The van der Waals surface area contributed by atoms with Gasteiger partial charge in [-0.3, -0.25) is 24.1 Å². The molecule has 2 saturated heterocycles. The van der Waals surface area contributed by atoms with Crippen LogP contribution in [0.2, 0.25) is 0 Å². The molecule has 0 spiro atoms. The van der Waals surface area contributed by atoms with Gasteiger partial charge in [-0.2, -0.15) is 0 Å². The van der Waals surface area contributed by atoms with Gasteiger partial charge in [-0.1, -0.05) is 12.2 Å². The maximum Gasteiger partial charge on any atom is 0.309 e. The summed E-state index contributed by atoms with van der Waals surface area (Å²) >= 11 is 0. The standard InChI is InChI=1S/C20H26N2O5/c1-2-27-20(26)12-5-8-21(9-6-12)15(23)7-10-22-18(24)16-13-3-4-14(11-13)17(16)19(22)25/h3-4,12-14,16-17H,2,5-11H2,1H3/t13-,14-,16-,17+/m0/s1. The van der Waals surface area contributed by atoms with Crippen LogP contribution in [0.15, 0.2) is 12.2 Å². The van der Waals surface area contributed by atoms with E-state index in [0.29, 0.717) is 32.5 Å². The van der Waals surface area contributed by atoms with Crippen molar-refractivity contribution in [3.05, 3.63) is 12.2 Å². The van der Waals surface area contributed by atoms with Crippen molar-refractivity contribution >= 4 is 23.7 Å². The second-order valence-corrected chi connectivity index (χ2v) is 7.99. The zero-order valence-corrected chi connectivity index (χ0v) is 15.6. The fraction of sp³-hybridized carbons (Fsp3) is 0.700. The first-order chi connectivity index (χ1) is 13.0. The van der Waals surface area contributed by atoms with Crippen molar-refractivity contribution in [2.75, 3.05) is 26.2 Å². The molecule has 2 aliphatic heterocycles. The molecule has 2 bridgehead atoms. The highest BCUT2D eigenvalue weighted by Gasteiger charge is 2.59. The van der Waals surface area contributed by atoms with Gasteiger partial charge in [0.2, 0.25) is 17.7 Å². The van der Waals surface area contributed by atoms with E-state index in [1.165, 1.54) is 4.90 Å². The number of esters is 1. The quantitative estimate of drug-likeness (QED) is 0.407. The number of ether oxygens (including phenoxy) is 1. The zero-order chi connectivity index (χ0) is 19.1. The molecular formula is C20H26N2O5. The summed E-state index contributed by atoms with van der Waals surface area (Å²) in [6, 6.07) is 0. The van der Waals surface area contributed by atoms with E-state index < -0.39 is 0 Å². The molecule has 1 saturated carbocycles. The van der Waals surface area contributed by atoms with E-state index in [4.69, 9.17) is 4.74 Å². The first-order valence-electron chi connectivity index (χ1n) is 9.99. The Kier molecular flexibility index (Phi) is 4.78. The van der Waals surface area contributed by atoms with E-state index in [1.54, 1.807) is 11.8 Å². The largest absolute Gasteiger partial charge is 0.466 e. The Labute approximate surface area is 158 Å². The summed E-state index contributed by atoms with van der Waals surface area (Å²) in [5, 5.41) is 0. The summed E-state index contributed by atoms with van der Waals surface area (Å²) in [5.74, 6) is -0.614. The predicted molar refractivity (Wildman–Crippen MR) is 95.0 cm³/mol. The molecule has 7 heteroatoms. The molecule has 2 aliphatic carbocycles. The second kappa shape index (κ2) is 7.09. The Morgan fingerprint density at radius 1 is 1.07 bits per heavy atom. The van der Waals surface area contributed by atoms with Crippen LogP contribution >= 0.6 is 0 Å². The summed E-state index contributed by atoms with van der Waals surface area (Å²) < 4.78 is 5.05. The normalized spacial score (nSPS) is 32.3. The Morgan fingerprint density at radius 3 is 2.22 bits per heavy atom. The summed E-state index contributed by atoms with van der Waals surface area (Å²) in [6.45, 7) is 3.36. The minimum atomic E-state index is -0.206. The molecule has 3 amide bonds. The van der Waals surface area contributed by atoms with Gasteiger partial charge < -0.3 is 9.64 Å². The Balaban J connectivity index is 1.28. The summed E-state index contributed by atoms with van der Waals surface area (Å²) in [6.07, 6.45) is 6.41. The molecule has 0 aromatic heterocycles. The highest BCUT2D eigenvalue weighted by molar-refractivity contribution is 6.06. The number of rotatable bonds is 5. The molecule has 4 aliphatic rings. The number of fused-ring (bicyclic) bond motifs is 5. The Morgan fingerprint density at radius 2 is 1.67 bits per heavy atom. The smallest absolute Gasteiger partial charge is 0.309 e. The fourth-order valence-electron chi connectivity index (χ4n) is 5.17. The minimum absolute atomic E-state index is 0.0592. The number of amides is 3. The minimum Gasteiger partial charge on any atom is -0.466 e. The summed E-state index contributed by atoms with van der Waals surface area (Å²) in [4.78, 5) is 52.6. The average Bonchev–Trinajstić information content (AvgIpc) is 3.35. The lowest BCUT2D eigenvalue weighted by Crippen LogP contribution is -2.42. The molecule has 0 N–H and O–H groups in total. The van der Waals surface area contributed by atoms with Crippen molar-refractivity contribution in [2.24, 2.45) is 29.6 Å². The lowest BCUT2D eigenvalue weighted by atomic mass is 9.85. The molecule has 4 rings (SSSR count). The van der Waals surface area contributed by atoms with E-state index in [1.807, 2.05) is 0 Å². The molecule has 0 aromatic carbocycles. The molecular weight excluding hydrogens is 348 g/mol. The molecule has 146 valence electrons. The maximum atomic E-state index is 12.7. The first kappa shape index (κ1) is 18.2. The topological polar surface area (TPSA) is 84.0 Å². The van der Waals surface area contributed by atoms with Crippen molar-refractivity contribution in [2.45, 2.75) is 32.6 Å². The summed E-state index contributed by atoms with van der Waals surface area (Å²) in [5.41, 5.74) is 0. The van der Waals surface area contributed by atoms with Crippen LogP contribution in [-0.2, 0) is 23.9 Å². The van der Waals surface area contributed by atoms with Gasteiger partial charge in [0.25, 0.3) is 0 Å². The highest BCUT2D eigenvalue weighted by Crippen LogP contribution is 2.52. The number of likely N-dealkylation sites (tertiary alicyclic amines) is 2. The van der Waals surface area contributed by atoms with E-state index >= 15 is 0 Å². The monoisotopic (exact) mass is 374 g/mol. The van der Waals surface area contributed by atoms with Crippen molar-refractivity contribution in [1.82, 2.24) is 9.80 Å². The van der Waals surface area contributed by atoms with E-state index in [9.17, 15) is 19.2 Å². The van der Waals surface area contributed by atoms with Gasteiger partial charge in [0.15, 0.2) is 0 Å². The van der Waals surface area contributed by atoms with Gasteiger partial charge in [-0.05, 0) is 38.0 Å². The van der Waals surface area contributed by atoms with Crippen LogP contribution < -0.4 is 0 Å². The lowest BCUT2D eigenvalue weighted by Gasteiger charge is -2.31. The van der Waals surface area contributed by atoms with Crippen molar-refractivity contribution in [3.8, 4) is 0 Å². The number of allylic oxidation sites excluding steroid dienone is 2. The van der Waals surface area contributed by atoms with Crippen LogP contribution in [0.3, 0.4) is 0 Å². The van der Waals surface area contributed by atoms with Crippen molar-refractivity contribution in [3.63, 3.8) is 0 Å². The molecule has 27 heavy (non-hydrogen) atoms. The van der Waals surface area contributed by atoms with Gasteiger partial charge in [-0.25, -0.2) is 0 Å². The molecule has 0 radical (unpaired) electrons. The van der Waals surface area contributed by atoms with Crippen LogP contribution in [0, 0.1) is 29.6 Å². The first-order valence-corrected chi connectivity index (χ1v) is 9.99. The van der Waals surface area contributed by atoms with Gasteiger partial charge in [0.1, 0.15) is 0 Å². The second-order valence-electron chi connectivity index (χ2n) is 7.99. The fourth-order valence-corrected chi connectivity index (χ4v) is 5.17. The number of hydrogen-bond donors (Lipinski definition) is 0. The highest BCUT2D eigenvalue weighted by atomic mass is 16.5.